The van der Waals surface area contributed by atoms with Gasteiger partial charge in [0.1, 0.15) is 5.75 Å². The summed E-state index contributed by atoms with van der Waals surface area (Å²) >= 11 is 0. The molecule has 1 atom stereocenters. The number of methoxy groups -OCH3 is 2. The molecule has 0 radical (unpaired) electrons. The van der Waals surface area contributed by atoms with E-state index in [0.717, 1.165) is 5.56 Å². The lowest BCUT2D eigenvalue weighted by molar-refractivity contribution is -0.141. The van der Waals surface area contributed by atoms with Gasteiger partial charge in [-0.1, -0.05) is 18.2 Å². The molecule has 2 N–H and O–H groups in total. The topological polar surface area (TPSA) is 111 Å². The van der Waals surface area contributed by atoms with Crippen molar-refractivity contribution >= 4 is 11.9 Å². The van der Waals surface area contributed by atoms with Gasteiger partial charge in [0.15, 0.2) is 5.69 Å². The van der Waals surface area contributed by atoms with Crippen LogP contribution >= 0.6 is 0 Å². The number of benzene rings is 1. The summed E-state index contributed by atoms with van der Waals surface area (Å²) in [6, 6.07) is 10.1. The third-order valence-corrected chi connectivity index (χ3v) is 3.60. The van der Waals surface area contributed by atoms with Crippen LogP contribution in [0.3, 0.4) is 0 Å². The molecular formula is C17H19N3O5. The molecule has 0 aliphatic heterocycles. The third kappa shape index (κ3) is 4.90. The molecule has 1 unspecified atom stereocenters. The Bertz CT molecular complexity index is 733. The van der Waals surface area contributed by atoms with Gasteiger partial charge in [-0.25, -0.2) is 0 Å². The highest BCUT2D eigenvalue weighted by molar-refractivity contribution is 5.92. The van der Waals surface area contributed by atoms with Crippen LogP contribution in [-0.4, -0.2) is 47.9 Å². The molecule has 8 heteroatoms. The molecule has 0 aliphatic carbocycles. The second-order valence-corrected chi connectivity index (χ2v) is 5.22. The third-order valence-electron chi connectivity index (χ3n) is 3.60. The van der Waals surface area contributed by atoms with Crippen LogP contribution in [0.5, 0.6) is 11.6 Å². The average molecular weight is 345 g/mol. The number of hydrogen-bond donors (Lipinski definition) is 2. The fraction of sp³-hybridized carbons (Fsp3) is 0.294. The number of aromatic nitrogens is 2. The van der Waals surface area contributed by atoms with Crippen LogP contribution in [0.25, 0.3) is 0 Å². The minimum absolute atomic E-state index is 0.0417. The van der Waals surface area contributed by atoms with E-state index in [1.165, 1.54) is 26.4 Å². The van der Waals surface area contributed by atoms with Crippen molar-refractivity contribution in [3.05, 3.63) is 47.7 Å². The van der Waals surface area contributed by atoms with Crippen LogP contribution in [-0.2, 0) is 11.2 Å². The standard InChI is InChI=1S/C17H19N3O5/c1-24-14-6-4-3-5-11(14)9-12(17(22)23)10-18-16(21)13-7-8-15(25-2)20-19-13/h3-8,12H,9-10H2,1-2H3,(H,18,21)(H,22,23). The second-order valence-electron chi connectivity index (χ2n) is 5.22. The maximum atomic E-state index is 12.1. The van der Waals surface area contributed by atoms with Crippen molar-refractivity contribution in [2.24, 2.45) is 5.92 Å². The van der Waals surface area contributed by atoms with Crippen molar-refractivity contribution in [1.29, 1.82) is 0 Å². The van der Waals surface area contributed by atoms with E-state index < -0.39 is 17.8 Å². The molecule has 132 valence electrons. The number of aliphatic carboxylic acids is 1. The van der Waals surface area contributed by atoms with Gasteiger partial charge in [-0.3, -0.25) is 9.59 Å². The first-order valence-corrected chi connectivity index (χ1v) is 7.55. The van der Waals surface area contributed by atoms with Gasteiger partial charge in [0.2, 0.25) is 5.88 Å². The summed E-state index contributed by atoms with van der Waals surface area (Å²) in [5.41, 5.74) is 0.845. The second kappa shape index (κ2) is 8.62. The minimum Gasteiger partial charge on any atom is -0.496 e. The van der Waals surface area contributed by atoms with Crippen molar-refractivity contribution in [1.82, 2.24) is 15.5 Å². The molecule has 0 spiro atoms. The molecule has 1 aromatic carbocycles. The monoisotopic (exact) mass is 345 g/mol. The zero-order valence-corrected chi connectivity index (χ0v) is 13.9. The number of ether oxygens (including phenoxy) is 2. The van der Waals surface area contributed by atoms with E-state index in [2.05, 4.69) is 15.5 Å². The molecule has 2 rings (SSSR count). The number of rotatable bonds is 8. The Morgan fingerprint density at radius 2 is 1.88 bits per heavy atom. The molecule has 8 nitrogen and oxygen atoms in total. The molecule has 0 saturated carbocycles. The Hall–Kier alpha value is -3.16. The summed E-state index contributed by atoms with van der Waals surface area (Å²) in [5, 5.41) is 19.4. The van der Waals surface area contributed by atoms with Crippen molar-refractivity contribution < 1.29 is 24.2 Å². The number of carbonyl (C=O) groups excluding carboxylic acids is 1. The first-order chi connectivity index (χ1) is 12.0. The van der Waals surface area contributed by atoms with Crippen LogP contribution in [0.15, 0.2) is 36.4 Å². The predicted octanol–water partition coefficient (Wildman–Crippen LogP) is 1.17. The highest BCUT2D eigenvalue weighted by Crippen LogP contribution is 2.21. The molecule has 1 aromatic heterocycles. The molecule has 2 aromatic rings. The molecule has 1 amide bonds. The lowest BCUT2D eigenvalue weighted by Gasteiger charge is -2.15. The number of carboxylic acid groups (broad SMARTS) is 1. The van der Waals surface area contributed by atoms with Gasteiger partial charge in [0, 0.05) is 12.6 Å². The Morgan fingerprint density at radius 1 is 1.12 bits per heavy atom. The van der Waals surface area contributed by atoms with E-state index in [1.54, 1.807) is 12.1 Å². The number of para-hydroxylation sites is 1. The summed E-state index contributed by atoms with van der Waals surface area (Å²) in [5.74, 6) is -1.41. The normalized spacial score (nSPS) is 11.4. The zero-order chi connectivity index (χ0) is 18.2. The highest BCUT2D eigenvalue weighted by atomic mass is 16.5. The van der Waals surface area contributed by atoms with E-state index in [0.29, 0.717) is 5.75 Å². The quantitative estimate of drug-likeness (QED) is 0.739. The van der Waals surface area contributed by atoms with Gasteiger partial charge in [-0.05, 0) is 24.1 Å². The molecule has 1 heterocycles. The maximum Gasteiger partial charge on any atom is 0.308 e. The summed E-state index contributed by atoms with van der Waals surface area (Å²) in [4.78, 5) is 23.6. The fourth-order valence-corrected chi connectivity index (χ4v) is 2.24. The van der Waals surface area contributed by atoms with Crippen LogP contribution in [0.4, 0.5) is 0 Å². The van der Waals surface area contributed by atoms with Crippen molar-refractivity contribution in [2.45, 2.75) is 6.42 Å². The molecule has 0 saturated heterocycles. The van der Waals surface area contributed by atoms with E-state index in [1.807, 2.05) is 12.1 Å². The van der Waals surface area contributed by atoms with Crippen molar-refractivity contribution in [2.75, 3.05) is 20.8 Å². The SMILES string of the molecule is COc1ccc(C(=O)NCC(Cc2ccccc2OC)C(=O)O)nn1. The number of hydrogen-bond acceptors (Lipinski definition) is 6. The van der Waals surface area contributed by atoms with Gasteiger partial charge in [-0.2, -0.15) is 0 Å². The number of carbonyl (C=O) groups is 2. The predicted molar refractivity (Wildman–Crippen MR) is 88.7 cm³/mol. The smallest absolute Gasteiger partial charge is 0.308 e. The van der Waals surface area contributed by atoms with Gasteiger partial charge >= 0.3 is 5.97 Å². The van der Waals surface area contributed by atoms with Gasteiger partial charge in [0.05, 0.1) is 20.1 Å². The molecule has 25 heavy (non-hydrogen) atoms. The van der Waals surface area contributed by atoms with Gasteiger partial charge < -0.3 is 19.9 Å². The Kier molecular flexibility index (Phi) is 6.27. The zero-order valence-electron chi connectivity index (χ0n) is 13.9. The Balaban J connectivity index is 2.01. The van der Waals surface area contributed by atoms with Crippen LogP contribution in [0.2, 0.25) is 0 Å². The first kappa shape index (κ1) is 18.2. The first-order valence-electron chi connectivity index (χ1n) is 7.55. The van der Waals surface area contributed by atoms with E-state index in [-0.39, 0.29) is 24.5 Å². The Labute approximate surface area is 144 Å². The van der Waals surface area contributed by atoms with Crippen molar-refractivity contribution in [3.63, 3.8) is 0 Å². The van der Waals surface area contributed by atoms with Crippen LogP contribution in [0.1, 0.15) is 16.1 Å². The molecular weight excluding hydrogens is 326 g/mol. The lowest BCUT2D eigenvalue weighted by atomic mass is 9.98. The number of amides is 1. The average Bonchev–Trinajstić information content (AvgIpc) is 2.64. The fourth-order valence-electron chi connectivity index (χ4n) is 2.24. The summed E-state index contributed by atoms with van der Waals surface area (Å²) in [7, 11) is 2.97. The minimum atomic E-state index is -1.01. The van der Waals surface area contributed by atoms with Gasteiger partial charge in [0.25, 0.3) is 5.91 Å². The van der Waals surface area contributed by atoms with Crippen LogP contribution in [0, 0.1) is 5.92 Å². The summed E-state index contributed by atoms with van der Waals surface area (Å²) in [6.45, 7) is -0.0417. The van der Waals surface area contributed by atoms with Crippen LogP contribution < -0.4 is 14.8 Å². The summed E-state index contributed by atoms with van der Waals surface area (Å²) in [6.07, 6.45) is 0.230. The molecule has 0 fully saturated rings. The largest absolute Gasteiger partial charge is 0.496 e. The van der Waals surface area contributed by atoms with E-state index in [4.69, 9.17) is 9.47 Å². The van der Waals surface area contributed by atoms with Gasteiger partial charge in [-0.15, -0.1) is 10.2 Å². The highest BCUT2D eigenvalue weighted by Gasteiger charge is 2.21. The maximum absolute atomic E-state index is 12.1. The number of nitrogens with one attached hydrogen (secondary N) is 1. The van der Waals surface area contributed by atoms with Crippen molar-refractivity contribution in [3.8, 4) is 11.6 Å². The molecule has 0 aliphatic rings. The number of nitrogens with zero attached hydrogens (tertiary/aromatic N) is 2. The van der Waals surface area contributed by atoms with E-state index in [9.17, 15) is 14.7 Å². The summed E-state index contributed by atoms with van der Waals surface area (Å²) < 4.78 is 10.1. The Morgan fingerprint density at radius 3 is 2.48 bits per heavy atom. The number of carboxylic acids is 1. The lowest BCUT2D eigenvalue weighted by Crippen LogP contribution is -2.34. The van der Waals surface area contributed by atoms with E-state index >= 15 is 0 Å². The molecule has 0 bridgehead atoms.